The van der Waals surface area contributed by atoms with Gasteiger partial charge in [0.2, 0.25) is 5.91 Å². The summed E-state index contributed by atoms with van der Waals surface area (Å²) in [7, 11) is 0. The summed E-state index contributed by atoms with van der Waals surface area (Å²) in [6.45, 7) is 0. The first-order valence-electron chi connectivity index (χ1n) is 8.98. The summed E-state index contributed by atoms with van der Waals surface area (Å²) in [4.78, 5) is 17.1. The van der Waals surface area contributed by atoms with E-state index in [1.807, 2.05) is 53.1 Å². The quantitative estimate of drug-likeness (QED) is 0.424. The van der Waals surface area contributed by atoms with Gasteiger partial charge in [-0.3, -0.25) is 4.79 Å². The Hall–Kier alpha value is -3.06. The van der Waals surface area contributed by atoms with E-state index < -0.39 is 11.6 Å². The minimum atomic E-state index is -0.998. The number of imidazole rings is 1. The van der Waals surface area contributed by atoms with Gasteiger partial charge in [0.1, 0.15) is 5.65 Å². The molecule has 2 heterocycles. The number of benzene rings is 2. The Morgan fingerprint density at radius 1 is 1.03 bits per heavy atom. The third-order valence-electron chi connectivity index (χ3n) is 4.54. The number of rotatable bonds is 5. The molecule has 0 radical (unpaired) electrons. The van der Waals surface area contributed by atoms with Crippen LogP contribution >= 0.6 is 15.9 Å². The maximum Gasteiger partial charge on any atom is 0.224 e. The van der Waals surface area contributed by atoms with Crippen LogP contribution in [0.25, 0.3) is 16.9 Å². The van der Waals surface area contributed by atoms with Gasteiger partial charge in [0, 0.05) is 34.4 Å². The van der Waals surface area contributed by atoms with E-state index in [2.05, 4.69) is 21.2 Å². The number of aromatic nitrogens is 2. The molecule has 4 nitrogen and oxygen atoms in total. The summed E-state index contributed by atoms with van der Waals surface area (Å²) in [5, 5.41) is 2.61. The maximum absolute atomic E-state index is 13.3. The van der Waals surface area contributed by atoms with Crippen molar-refractivity contribution < 1.29 is 13.6 Å². The normalized spacial score (nSPS) is 11.0. The SMILES string of the molecule is O=C(CCc1c(-c2ccc(Br)cc2)nc2ccccn12)Nc1ccc(F)c(F)c1. The third-order valence-corrected chi connectivity index (χ3v) is 5.07. The molecule has 0 spiro atoms. The highest BCUT2D eigenvalue weighted by atomic mass is 79.9. The Balaban J connectivity index is 1.58. The number of carbonyl (C=O) groups excluding carboxylic acids is 1. The van der Waals surface area contributed by atoms with E-state index in [1.165, 1.54) is 6.07 Å². The van der Waals surface area contributed by atoms with Gasteiger partial charge in [0.15, 0.2) is 11.6 Å². The van der Waals surface area contributed by atoms with Crippen LogP contribution in [0.1, 0.15) is 12.1 Å². The van der Waals surface area contributed by atoms with Crippen molar-refractivity contribution in [3.63, 3.8) is 0 Å². The summed E-state index contributed by atoms with van der Waals surface area (Å²) >= 11 is 3.43. The van der Waals surface area contributed by atoms with Gasteiger partial charge in [-0.05, 0) is 42.8 Å². The van der Waals surface area contributed by atoms with E-state index in [0.717, 1.165) is 39.2 Å². The average molecular weight is 456 g/mol. The molecule has 0 fully saturated rings. The molecule has 0 aliphatic heterocycles. The minimum Gasteiger partial charge on any atom is -0.326 e. The number of hydrogen-bond donors (Lipinski definition) is 1. The van der Waals surface area contributed by atoms with Gasteiger partial charge in [-0.1, -0.05) is 34.1 Å². The molecule has 0 atom stereocenters. The highest BCUT2D eigenvalue weighted by molar-refractivity contribution is 9.10. The fourth-order valence-corrected chi connectivity index (χ4v) is 3.42. The van der Waals surface area contributed by atoms with Crippen LogP contribution in [-0.2, 0) is 11.2 Å². The van der Waals surface area contributed by atoms with Crippen LogP contribution in [0.4, 0.5) is 14.5 Å². The Kier molecular flexibility index (Phi) is 5.40. The summed E-state index contributed by atoms with van der Waals surface area (Å²) < 4.78 is 29.3. The average Bonchev–Trinajstić information content (AvgIpc) is 3.08. The summed E-state index contributed by atoms with van der Waals surface area (Å²) in [5.74, 6) is -2.24. The predicted octanol–water partition coefficient (Wildman–Crippen LogP) is 5.61. The predicted molar refractivity (Wildman–Crippen MR) is 112 cm³/mol. The highest BCUT2D eigenvalue weighted by Gasteiger charge is 2.15. The molecule has 1 N–H and O–H groups in total. The molecule has 7 heteroatoms. The zero-order valence-electron chi connectivity index (χ0n) is 15.2. The summed E-state index contributed by atoms with van der Waals surface area (Å²) in [6, 6.07) is 16.8. The molecule has 0 aliphatic rings. The lowest BCUT2D eigenvalue weighted by molar-refractivity contribution is -0.116. The van der Waals surface area contributed by atoms with Crippen molar-refractivity contribution >= 4 is 33.2 Å². The zero-order valence-corrected chi connectivity index (χ0v) is 16.8. The largest absolute Gasteiger partial charge is 0.326 e. The van der Waals surface area contributed by atoms with E-state index in [1.54, 1.807) is 0 Å². The van der Waals surface area contributed by atoms with Crippen LogP contribution in [0, 0.1) is 11.6 Å². The molecule has 4 rings (SSSR count). The summed E-state index contributed by atoms with van der Waals surface area (Å²) in [5.41, 5.74) is 3.68. The van der Waals surface area contributed by atoms with Crippen molar-refractivity contribution in [2.75, 3.05) is 5.32 Å². The minimum absolute atomic E-state index is 0.172. The molecule has 0 bridgehead atoms. The van der Waals surface area contributed by atoms with Crippen molar-refractivity contribution in [2.45, 2.75) is 12.8 Å². The number of fused-ring (bicyclic) bond motifs is 1. The van der Waals surface area contributed by atoms with Crippen molar-refractivity contribution in [3.05, 3.63) is 88.7 Å². The van der Waals surface area contributed by atoms with Gasteiger partial charge < -0.3 is 9.72 Å². The van der Waals surface area contributed by atoms with Gasteiger partial charge in [-0.2, -0.15) is 0 Å². The molecule has 0 saturated heterocycles. The number of anilines is 1. The van der Waals surface area contributed by atoms with Gasteiger partial charge in [-0.15, -0.1) is 0 Å². The Morgan fingerprint density at radius 3 is 2.59 bits per heavy atom. The molecule has 1 amide bonds. The van der Waals surface area contributed by atoms with E-state index in [-0.39, 0.29) is 18.0 Å². The second kappa shape index (κ2) is 8.13. The Labute approximate surface area is 174 Å². The fourth-order valence-electron chi connectivity index (χ4n) is 3.15. The number of amides is 1. The molecule has 4 aromatic rings. The van der Waals surface area contributed by atoms with E-state index in [0.29, 0.717) is 6.42 Å². The van der Waals surface area contributed by atoms with Crippen LogP contribution in [0.15, 0.2) is 71.3 Å². The standard InChI is InChI=1S/C22H16BrF2N3O/c23-15-6-4-14(5-7-15)22-19(28-12-2-1-3-20(28)27-22)10-11-21(29)26-16-8-9-17(24)18(25)13-16/h1-9,12-13H,10-11H2,(H,26,29). The van der Waals surface area contributed by atoms with Crippen molar-refractivity contribution in [1.82, 2.24) is 9.38 Å². The number of aryl methyl sites for hydroxylation is 1. The number of nitrogens with one attached hydrogen (secondary N) is 1. The molecule has 146 valence electrons. The fraction of sp³-hybridized carbons (Fsp3) is 0.0909. The first-order valence-corrected chi connectivity index (χ1v) is 9.77. The molecule has 29 heavy (non-hydrogen) atoms. The van der Waals surface area contributed by atoms with E-state index in [9.17, 15) is 13.6 Å². The first-order chi connectivity index (χ1) is 14.0. The lowest BCUT2D eigenvalue weighted by atomic mass is 10.1. The Bertz CT molecular complexity index is 1190. The van der Waals surface area contributed by atoms with Crippen LogP contribution in [0.2, 0.25) is 0 Å². The smallest absolute Gasteiger partial charge is 0.224 e. The van der Waals surface area contributed by atoms with Gasteiger partial charge in [-0.25, -0.2) is 13.8 Å². The molecule has 2 aromatic heterocycles. The molecule has 0 saturated carbocycles. The Morgan fingerprint density at radius 2 is 1.83 bits per heavy atom. The second-order valence-electron chi connectivity index (χ2n) is 6.52. The molecule has 0 unspecified atom stereocenters. The molecule has 2 aromatic carbocycles. The second-order valence-corrected chi connectivity index (χ2v) is 7.44. The number of hydrogen-bond acceptors (Lipinski definition) is 2. The van der Waals surface area contributed by atoms with Gasteiger partial charge >= 0.3 is 0 Å². The van der Waals surface area contributed by atoms with Crippen LogP contribution < -0.4 is 5.32 Å². The van der Waals surface area contributed by atoms with Gasteiger partial charge in [0.25, 0.3) is 0 Å². The number of halogens is 3. The number of nitrogens with zero attached hydrogens (tertiary/aromatic N) is 2. The number of pyridine rings is 1. The van der Waals surface area contributed by atoms with Crippen molar-refractivity contribution in [3.8, 4) is 11.3 Å². The van der Waals surface area contributed by atoms with Crippen molar-refractivity contribution in [1.29, 1.82) is 0 Å². The van der Waals surface area contributed by atoms with Crippen LogP contribution in [0.3, 0.4) is 0 Å². The van der Waals surface area contributed by atoms with Crippen LogP contribution in [-0.4, -0.2) is 15.3 Å². The number of carbonyl (C=O) groups is 1. The third kappa shape index (κ3) is 4.19. The molecule has 0 aliphatic carbocycles. The first kappa shape index (κ1) is 19.3. The monoisotopic (exact) mass is 455 g/mol. The van der Waals surface area contributed by atoms with E-state index >= 15 is 0 Å². The van der Waals surface area contributed by atoms with E-state index in [4.69, 9.17) is 4.98 Å². The van der Waals surface area contributed by atoms with Crippen molar-refractivity contribution in [2.24, 2.45) is 0 Å². The van der Waals surface area contributed by atoms with Crippen LogP contribution in [0.5, 0.6) is 0 Å². The summed E-state index contributed by atoms with van der Waals surface area (Å²) in [6.07, 6.45) is 2.52. The highest BCUT2D eigenvalue weighted by Crippen LogP contribution is 2.27. The molecular formula is C22H16BrF2N3O. The zero-order chi connectivity index (χ0) is 20.4. The topological polar surface area (TPSA) is 46.4 Å². The molecular weight excluding hydrogens is 440 g/mol. The van der Waals surface area contributed by atoms with Gasteiger partial charge in [0.05, 0.1) is 11.4 Å². The lowest BCUT2D eigenvalue weighted by Crippen LogP contribution is -2.13. The maximum atomic E-state index is 13.3. The lowest BCUT2D eigenvalue weighted by Gasteiger charge is -2.08.